The van der Waals surface area contributed by atoms with Crippen LogP contribution in [0.2, 0.25) is 0 Å². The lowest BCUT2D eigenvalue weighted by molar-refractivity contribution is -0.274. The lowest BCUT2D eigenvalue weighted by atomic mass is 9.85. The Morgan fingerprint density at radius 1 is 1.30 bits per heavy atom. The fraction of sp³-hybridized carbons (Fsp3) is 0.462. The van der Waals surface area contributed by atoms with Crippen molar-refractivity contribution in [3.63, 3.8) is 0 Å². The third-order valence-corrected chi connectivity index (χ3v) is 3.14. The summed E-state index contributed by atoms with van der Waals surface area (Å²) in [6.45, 7) is 0.536. The van der Waals surface area contributed by atoms with Crippen LogP contribution in [0.25, 0.3) is 0 Å². The highest BCUT2D eigenvalue weighted by Gasteiger charge is 2.32. The van der Waals surface area contributed by atoms with Gasteiger partial charge in [-0.1, -0.05) is 18.6 Å². The van der Waals surface area contributed by atoms with Crippen LogP contribution in [0.1, 0.15) is 19.3 Å². The predicted molar refractivity (Wildman–Crippen MR) is 67.5 cm³/mol. The third kappa shape index (κ3) is 4.32. The number of halogens is 3. The number of nitrogens with one attached hydrogen (secondary N) is 2. The summed E-state index contributed by atoms with van der Waals surface area (Å²) >= 11 is 0. The molecule has 0 aromatic heterocycles. The van der Waals surface area contributed by atoms with Crippen LogP contribution >= 0.6 is 0 Å². The molecule has 2 rings (SSSR count). The van der Waals surface area contributed by atoms with Crippen molar-refractivity contribution in [3.8, 4) is 5.75 Å². The number of hydrogen-bond donors (Lipinski definition) is 2. The summed E-state index contributed by atoms with van der Waals surface area (Å²) in [6.07, 6.45) is -1.47. The minimum absolute atomic E-state index is 0.0177. The van der Waals surface area contributed by atoms with Crippen LogP contribution in [0.15, 0.2) is 24.3 Å². The molecule has 1 aromatic carbocycles. The molecule has 1 aromatic rings. The van der Waals surface area contributed by atoms with E-state index in [0.717, 1.165) is 25.3 Å². The highest BCUT2D eigenvalue weighted by molar-refractivity contribution is 5.90. The number of anilines is 1. The molecular weight excluding hydrogens is 273 g/mol. The summed E-state index contributed by atoms with van der Waals surface area (Å²) in [5, 5.41) is 5.00. The molecule has 1 aliphatic carbocycles. The van der Waals surface area contributed by atoms with Gasteiger partial charge in [-0.15, -0.1) is 13.2 Å². The molecule has 0 radical (unpaired) electrons. The SMILES string of the molecule is O=C(NCC1CCC1)Nc1ccccc1OC(F)(F)F. The molecule has 1 saturated carbocycles. The maximum Gasteiger partial charge on any atom is 0.573 e. The number of para-hydroxylation sites is 2. The number of hydrogen-bond acceptors (Lipinski definition) is 2. The summed E-state index contributed by atoms with van der Waals surface area (Å²) in [5.41, 5.74) is -0.0177. The Bertz CT molecular complexity index is 473. The maximum atomic E-state index is 12.2. The summed E-state index contributed by atoms with van der Waals surface area (Å²) in [4.78, 5) is 11.6. The minimum Gasteiger partial charge on any atom is -0.404 e. The van der Waals surface area contributed by atoms with Crippen molar-refractivity contribution in [3.05, 3.63) is 24.3 Å². The van der Waals surface area contributed by atoms with Crippen molar-refractivity contribution in [2.24, 2.45) is 5.92 Å². The molecule has 0 bridgehead atoms. The summed E-state index contributed by atoms with van der Waals surface area (Å²) in [7, 11) is 0. The van der Waals surface area contributed by atoms with E-state index in [-0.39, 0.29) is 5.69 Å². The number of alkyl halides is 3. The van der Waals surface area contributed by atoms with Crippen molar-refractivity contribution in [2.45, 2.75) is 25.6 Å². The lowest BCUT2D eigenvalue weighted by Crippen LogP contribution is -2.35. The van der Waals surface area contributed by atoms with E-state index >= 15 is 0 Å². The Balaban J connectivity index is 1.92. The van der Waals surface area contributed by atoms with Gasteiger partial charge >= 0.3 is 12.4 Å². The number of urea groups is 1. The third-order valence-electron chi connectivity index (χ3n) is 3.14. The molecule has 0 saturated heterocycles. The first-order chi connectivity index (χ1) is 9.44. The van der Waals surface area contributed by atoms with Gasteiger partial charge in [0.05, 0.1) is 5.69 Å². The molecule has 110 valence electrons. The highest BCUT2D eigenvalue weighted by atomic mass is 19.4. The van der Waals surface area contributed by atoms with Crippen LogP contribution in [0.4, 0.5) is 23.7 Å². The standard InChI is InChI=1S/C13H15F3N2O2/c14-13(15,16)20-11-7-2-1-6-10(11)18-12(19)17-8-9-4-3-5-9/h1-2,6-7,9H,3-5,8H2,(H2,17,18,19). The first-order valence-corrected chi connectivity index (χ1v) is 6.33. The Labute approximate surface area is 114 Å². The summed E-state index contributed by atoms with van der Waals surface area (Å²) in [5.74, 6) is 0.0428. The van der Waals surface area contributed by atoms with Crippen LogP contribution in [0.3, 0.4) is 0 Å². The Kier molecular flexibility index (Phi) is 4.36. The number of rotatable bonds is 4. The molecule has 1 aliphatic rings. The maximum absolute atomic E-state index is 12.2. The van der Waals surface area contributed by atoms with Crippen LogP contribution in [0.5, 0.6) is 5.75 Å². The van der Waals surface area contributed by atoms with Gasteiger partial charge < -0.3 is 15.4 Å². The van der Waals surface area contributed by atoms with E-state index in [4.69, 9.17) is 0 Å². The van der Waals surface area contributed by atoms with Gasteiger partial charge in [0.2, 0.25) is 0 Å². The predicted octanol–water partition coefficient (Wildman–Crippen LogP) is 3.51. The van der Waals surface area contributed by atoms with Crippen LogP contribution in [0, 0.1) is 5.92 Å². The van der Waals surface area contributed by atoms with E-state index in [1.165, 1.54) is 18.2 Å². The number of ether oxygens (including phenoxy) is 1. The Morgan fingerprint density at radius 2 is 2.00 bits per heavy atom. The van der Waals surface area contributed by atoms with E-state index in [1.807, 2.05) is 0 Å². The topological polar surface area (TPSA) is 50.4 Å². The molecule has 2 N–H and O–H groups in total. The summed E-state index contributed by atoms with van der Waals surface area (Å²) in [6, 6.07) is 4.89. The van der Waals surface area contributed by atoms with Gasteiger partial charge in [-0.25, -0.2) is 4.79 Å². The monoisotopic (exact) mass is 288 g/mol. The van der Waals surface area contributed by atoms with Gasteiger partial charge in [-0.3, -0.25) is 0 Å². The molecule has 0 heterocycles. The van der Waals surface area contributed by atoms with E-state index in [9.17, 15) is 18.0 Å². The van der Waals surface area contributed by atoms with E-state index in [0.29, 0.717) is 12.5 Å². The molecule has 0 spiro atoms. The number of carbonyl (C=O) groups is 1. The quantitative estimate of drug-likeness (QED) is 0.890. The van der Waals surface area contributed by atoms with Crippen molar-refractivity contribution in [1.29, 1.82) is 0 Å². The first-order valence-electron chi connectivity index (χ1n) is 6.33. The molecule has 1 fully saturated rings. The fourth-order valence-electron chi connectivity index (χ4n) is 1.88. The van der Waals surface area contributed by atoms with E-state index in [2.05, 4.69) is 15.4 Å². The smallest absolute Gasteiger partial charge is 0.404 e. The van der Waals surface area contributed by atoms with E-state index in [1.54, 1.807) is 0 Å². The van der Waals surface area contributed by atoms with Crippen molar-refractivity contribution >= 4 is 11.7 Å². The average Bonchev–Trinajstić information content (AvgIpc) is 2.28. The zero-order chi connectivity index (χ0) is 14.6. The fourth-order valence-corrected chi connectivity index (χ4v) is 1.88. The number of carbonyl (C=O) groups excluding carboxylic acids is 1. The first kappa shape index (κ1) is 14.5. The summed E-state index contributed by atoms with van der Waals surface area (Å²) < 4.78 is 40.5. The zero-order valence-corrected chi connectivity index (χ0v) is 10.7. The molecule has 4 nitrogen and oxygen atoms in total. The van der Waals surface area contributed by atoms with Crippen molar-refractivity contribution in [1.82, 2.24) is 5.32 Å². The van der Waals surface area contributed by atoms with Gasteiger partial charge in [0, 0.05) is 6.54 Å². The molecule has 0 unspecified atom stereocenters. The molecule has 2 amide bonds. The van der Waals surface area contributed by atoms with E-state index < -0.39 is 18.1 Å². The molecule has 7 heteroatoms. The molecular formula is C13H15F3N2O2. The second-order valence-electron chi connectivity index (χ2n) is 4.68. The average molecular weight is 288 g/mol. The Hall–Kier alpha value is -1.92. The molecule has 0 aliphatic heterocycles. The Morgan fingerprint density at radius 3 is 2.60 bits per heavy atom. The number of benzene rings is 1. The molecule has 20 heavy (non-hydrogen) atoms. The lowest BCUT2D eigenvalue weighted by Gasteiger charge is -2.25. The van der Waals surface area contributed by atoms with Crippen molar-refractivity contribution in [2.75, 3.05) is 11.9 Å². The van der Waals surface area contributed by atoms with Gasteiger partial charge in [-0.05, 0) is 30.9 Å². The normalized spacial score (nSPS) is 15.3. The highest BCUT2D eigenvalue weighted by Crippen LogP contribution is 2.30. The van der Waals surface area contributed by atoms with Crippen LogP contribution in [-0.2, 0) is 0 Å². The van der Waals surface area contributed by atoms with Crippen molar-refractivity contribution < 1.29 is 22.7 Å². The second kappa shape index (κ2) is 6.02. The minimum atomic E-state index is -4.79. The molecule has 0 atom stereocenters. The van der Waals surface area contributed by atoms with Gasteiger partial charge in [0.25, 0.3) is 0 Å². The van der Waals surface area contributed by atoms with Gasteiger partial charge in [0.15, 0.2) is 5.75 Å². The second-order valence-corrected chi connectivity index (χ2v) is 4.68. The number of amides is 2. The zero-order valence-electron chi connectivity index (χ0n) is 10.7. The van der Waals surface area contributed by atoms with Crippen LogP contribution in [-0.4, -0.2) is 18.9 Å². The largest absolute Gasteiger partial charge is 0.573 e. The van der Waals surface area contributed by atoms with Gasteiger partial charge in [-0.2, -0.15) is 0 Å². The van der Waals surface area contributed by atoms with Gasteiger partial charge in [0.1, 0.15) is 0 Å². The van der Waals surface area contributed by atoms with Crippen LogP contribution < -0.4 is 15.4 Å².